The van der Waals surface area contributed by atoms with Crippen molar-refractivity contribution in [3.8, 4) is 0 Å². The van der Waals surface area contributed by atoms with Gasteiger partial charge >= 0.3 is 0 Å². The van der Waals surface area contributed by atoms with E-state index in [1.807, 2.05) is 0 Å². The summed E-state index contributed by atoms with van der Waals surface area (Å²) in [6.45, 7) is 3.06. The Bertz CT molecular complexity index is 96.7. The van der Waals surface area contributed by atoms with Crippen LogP contribution in [0.3, 0.4) is 0 Å². The summed E-state index contributed by atoms with van der Waals surface area (Å²) in [5.41, 5.74) is 0. The fraction of sp³-hybridized carbons (Fsp3) is 0.833. The highest BCUT2D eigenvalue weighted by atomic mass is 32.1. The van der Waals surface area contributed by atoms with Gasteiger partial charge in [-0.3, -0.25) is 0 Å². The Kier molecular flexibility index (Phi) is 1.84. The van der Waals surface area contributed by atoms with Gasteiger partial charge < -0.3 is 5.32 Å². The molecule has 1 nitrogen and oxygen atoms in total. The van der Waals surface area contributed by atoms with E-state index in [4.69, 9.17) is 12.2 Å². The molecule has 0 aromatic rings. The molecule has 0 radical (unpaired) electrons. The van der Waals surface area contributed by atoms with Crippen LogP contribution in [-0.4, -0.2) is 11.5 Å². The fourth-order valence-corrected chi connectivity index (χ4v) is 1.04. The van der Waals surface area contributed by atoms with Crippen LogP contribution in [0.1, 0.15) is 19.8 Å². The highest BCUT2D eigenvalue weighted by molar-refractivity contribution is 7.80. The van der Waals surface area contributed by atoms with Crippen LogP contribution in [0, 0.1) is 5.92 Å². The molecule has 0 spiro atoms. The first-order chi connectivity index (χ1) is 3.84. The molecular formula is C6H11NS. The van der Waals surface area contributed by atoms with E-state index < -0.39 is 0 Å². The second kappa shape index (κ2) is 2.44. The average molecular weight is 129 g/mol. The highest BCUT2D eigenvalue weighted by Gasteiger charge is 2.25. The van der Waals surface area contributed by atoms with Gasteiger partial charge in [-0.15, -0.1) is 0 Å². The summed E-state index contributed by atoms with van der Waals surface area (Å²) in [5.74, 6) is 0.741. The Balaban J connectivity index is 2.13. The minimum absolute atomic E-state index is 0.741. The Labute approximate surface area is 55.5 Å². The monoisotopic (exact) mass is 129 g/mol. The molecule has 0 aliphatic heterocycles. The zero-order valence-electron chi connectivity index (χ0n) is 5.11. The van der Waals surface area contributed by atoms with Crippen molar-refractivity contribution in [2.45, 2.75) is 19.8 Å². The van der Waals surface area contributed by atoms with Crippen molar-refractivity contribution in [1.82, 2.24) is 5.32 Å². The number of rotatable bonds is 2. The Hall–Kier alpha value is -0.110. The van der Waals surface area contributed by atoms with Crippen molar-refractivity contribution in [2.75, 3.05) is 6.54 Å². The molecule has 0 atom stereocenters. The fourth-order valence-electron chi connectivity index (χ4n) is 0.664. The smallest absolute Gasteiger partial charge is 0.0784 e. The average Bonchev–Trinajstić information content (AvgIpc) is 2.45. The van der Waals surface area contributed by atoms with E-state index in [1.165, 1.54) is 12.8 Å². The molecule has 0 unspecified atom stereocenters. The van der Waals surface area contributed by atoms with Gasteiger partial charge in [-0.05, 0) is 19.8 Å². The molecule has 1 N–H and O–H groups in total. The van der Waals surface area contributed by atoms with Crippen molar-refractivity contribution < 1.29 is 0 Å². The molecule has 8 heavy (non-hydrogen) atoms. The first-order valence-electron chi connectivity index (χ1n) is 3.12. The van der Waals surface area contributed by atoms with Crippen LogP contribution < -0.4 is 5.32 Å². The lowest BCUT2D eigenvalue weighted by molar-refractivity contribution is 0.939. The molecule has 0 aromatic carbocycles. The maximum Gasteiger partial charge on any atom is 0.0784 e. The predicted molar refractivity (Wildman–Crippen MR) is 39.0 cm³/mol. The molecule has 1 rings (SSSR count). The Morgan fingerprint density at radius 2 is 2.38 bits per heavy atom. The number of hydrogen-bond acceptors (Lipinski definition) is 1. The van der Waals surface area contributed by atoms with Crippen LogP contribution in [0.25, 0.3) is 0 Å². The van der Waals surface area contributed by atoms with E-state index in [1.54, 1.807) is 0 Å². The summed E-state index contributed by atoms with van der Waals surface area (Å²) in [4.78, 5) is 1.08. The van der Waals surface area contributed by atoms with E-state index in [0.29, 0.717) is 0 Å². The van der Waals surface area contributed by atoms with Gasteiger partial charge in [-0.25, -0.2) is 0 Å². The summed E-state index contributed by atoms with van der Waals surface area (Å²) in [7, 11) is 0. The molecule has 0 saturated heterocycles. The molecule has 1 aliphatic carbocycles. The Morgan fingerprint density at radius 1 is 1.75 bits per heavy atom. The zero-order valence-corrected chi connectivity index (χ0v) is 5.92. The van der Waals surface area contributed by atoms with Crippen LogP contribution >= 0.6 is 12.2 Å². The van der Waals surface area contributed by atoms with E-state index in [0.717, 1.165) is 17.5 Å². The third-order valence-corrected chi connectivity index (χ3v) is 1.78. The van der Waals surface area contributed by atoms with Crippen molar-refractivity contribution >= 4 is 17.2 Å². The first-order valence-corrected chi connectivity index (χ1v) is 3.53. The number of nitrogens with one attached hydrogen (secondary N) is 1. The van der Waals surface area contributed by atoms with Crippen LogP contribution in [0.4, 0.5) is 0 Å². The maximum atomic E-state index is 5.03. The summed E-state index contributed by atoms with van der Waals surface area (Å²) in [6, 6.07) is 0. The molecule has 2 heteroatoms. The van der Waals surface area contributed by atoms with Crippen LogP contribution in [0.15, 0.2) is 0 Å². The topological polar surface area (TPSA) is 12.0 Å². The predicted octanol–water partition coefficient (Wildman–Crippen LogP) is 1.33. The lowest BCUT2D eigenvalue weighted by atomic mass is 10.4. The van der Waals surface area contributed by atoms with Crippen LogP contribution in [-0.2, 0) is 0 Å². The lowest BCUT2D eigenvalue weighted by Gasteiger charge is -1.99. The van der Waals surface area contributed by atoms with Gasteiger partial charge in [0.05, 0.1) is 4.99 Å². The van der Waals surface area contributed by atoms with E-state index in [2.05, 4.69) is 12.2 Å². The third kappa shape index (κ3) is 1.44. The van der Waals surface area contributed by atoms with E-state index in [9.17, 15) is 0 Å². The van der Waals surface area contributed by atoms with Crippen LogP contribution in [0.5, 0.6) is 0 Å². The van der Waals surface area contributed by atoms with E-state index in [-0.39, 0.29) is 0 Å². The molecule has 1 fully saturated rings. The molecule has 1 saturated carbocycles. The summed E-state index contributed by atoms with van der Waals surface area (Å²) < 4.78 is 0. The SMILES string of the molecule is CCNC(=S)C1CC1. The summed E-state index contributed by atoms with van der Waals surface area (Å²) >= 11 is 5.03. The van der Waals surface area contributed by atoms with Crippen molar-refractivity contribution in [1.29, 1.82) is 0 Å². The van der Waals surface area contributed by atoms with Crippen molar-refractivity contribution in [3.63, 3.8) is 0 Å². The van der Waals surface area contributed by atoms with Gasteiger partial charge in [0.1, 0.15) is 0 Å². The molecule has 1 aliphatic rings. The highest BCUT2D eigenvalue weighted by Crippen LogP contribution is 2.29. The van der Waals surface area contributed by atoms with Crippen molar-refractivity contribution in [3.05, 3.63) is 0 Å². The summed E-state index contributed by atoms with van der Waals surface area (Å²) in [6.07, 6.45) is 2.62. The third-order valence-electron chi connectivity index (χ3n) is 1.30. The molecular weight excluding hydrogens is 118 g/mol. The number of hydrogen-bond donors (Lipinski definition) is 1. The van der Waals surface area contributed by atoms with Gasteiger partial charge in [0.25, 0.3) is 0 Å². The normalized spacial score (nSPS) is 18.1. The minimum atomic E-state index is 0.741. The van der Waals surface area contributed by atoms with Gasteiger partial charge in [0.15, 0.2) is 0 Å². The number of thiocarbonyl (C=S) groups is 1. The van der Waals surface area contributed by atoms with Gasteiger partial charge in [-0.1, -0.05) is 12.2 Å². The first kappa shape index (κ1) is 6.02. The lowest BCUT2D eigenvalue weighted by Crippen LogP contribution is -2.21. The summed E-state index contributed by atoms with van der Waals surface area (Å²) in [5, 5.41) is 3.14. The molecule has 0 heterocycles. The second-order valence-electron chi connectivity index (χ2n) is 2.17. The minimum Gasteiger partial charge on any atom is -0.380 e. The van der Waals surface area contributed by atoms with Gasteiger partial charge in [-0.2, -0.15) is 0 Å². The quantitative estimate of drug-likeness (QED) is 0.564. The van der Waals surface area contributed by atoms with E-state index >= 15 is 0 Å². The van der Waals surface area contributed by atoms with Gasteiger partial charge in [0, 0.05) is 12.5 Å². The largest absolute Gasteiger partial charge is 0.380 e. The maximum absolute atomic E-state index is 5.03. The molecule has 0 amide bonds. The zero-order chi connectivity index (χ0) is 5.98. The standard InChI is InChI=1S/C6H11NS/c1-2-7-6(8)5-3-4-5/h5H,2-4H2,1H3,(H,7,8). The van der Waals surface area contributed by atoms with Crippen molar-refractivity contribution in [2.24, 2.45) is 5.92 Å². The Morgan fingerprint density at radius 3 is 2.75 bits per heavy atom. The molecule has 46 valence electrons. The molecule has 0 bridgehead atoms. The molecule has 0 aromatic heterocycles. The van der Waals surface area contributed by atoms with Gasteiger partial charge in [0.2, 0.25) is 0 Å². The van der Waals surface area contributed by atoms with Crippen LogP contribution in [0.2, 0.25) is 0 Å². The second-order valence-corrected chi connectivity index (χ2v) is 2.61.